The number of thioether (sulfide) groups is 1. The number of methoxy groups -OCH3 is 1. The third-order valence-electron chi connectivity index (χ3n) is 3.53. The molecule has 0 saturated heterocycles. The van der Waals surface area contributed by atoms with Gasteiger partial charge >= 0.3 is 11.9 Å². The van der Waals surface area contributed by atoms with E-state index in [1.165, 1.54) is 7.11 Å². The van der Waals surface area contributed by atoms with Gasteiger partial charge in [0.25, 0.3) is 0 Å². The fraction of sp³-hybridized carbons (Fsp3) is 0.625. The van der Waals surface area contributed by atoms with Crippen LogP contribution in [0.2, 0.25) is 0 Å². The van der Waals surface area contributed by atoms with Crippen LogP contribution in [0.1, 0.15) is 20.8 Å². The van der Waals surface area contributed by atoms with Crippen LogP contribution in [0.4, 0.5) is 0 Å². The SMILES string of the molecule is COCCOC(=O)C1=C(C)NC(C)=C(C(=O)OCCSC)C1C. The van der Waals surface area contributed by atoms with Crippen LogP contribution < -0.4 is 5.32 Å². The Hall–Kier alpha value is -1.47. The van der Waals surface area contributed by atoms with E-state index in [4.69, 9.17) is 14.2 Å². The first-order valence-corrected chi connectivity index (χ1v) is 8.84. The normalized spacial score (nSPS) is 17.9. The highest BCUT2D eigenvalue weighted by Gasteiger charge is 2.33. The fourth-order valence-electron chi connectivity index (χ4n) is 2.46. The molecule has 0 aromatic carbocycles. The van der Waals surface area contributed by atoms with Crippen LogP contribution in [0.3, 0.4) is 0 Å². The zero-order chi connectivity index (χ0) is 17.4. The standard InChI is InChI=1S/C16H25NO5S/c1-10-13(15(18)21-7-6-20-4)11(2)17-12(3)14(10)16(19)22-8-9-23-5/h10,17H,6-9H2,1-5H3. The van der Waals surface area contributed by atoms with Gasteiger partial charge in [-0.05, 0) is 20.1 Å². The van der Waals surface area contributed by atoms with Crippen LogP contribution in [0.25, 0.3) is 0 Å². The van der Waals surface area contributed by atoms with E-state index in [-0.39, 0.29) is 12.5 Å². The van der Waals surface area contributed by atoms with Crippen molar-refractivity contribution in [3.8, 4) is 0 Å². The molecule has 0 bridgehead atoms. The summed E-state index contributed by atoms with van der Waals surface area (Å²) in [5, 5.41) is 3.07. The first-order valence-electron chi connectivity index (χ1n) is 7.44. The summed E-state index contributed by atoms with van der Waals surface area (Å²) < 4.78 is 15.3. The van der Waals surface area contributed by atoms with Gasteiger partial charge in [0.2, 0.25) is 0 Å². The average molecular weight is 343 g/mol. The smallest absolute Gasteiger partial charge is 0.336 e. The lowest BCUT2D eigenvalue weighted by Gasteiger charge is -2.27. The summed E-state index contributed by atoms with van der Waals surface area (Å²) in [6.45, 7) is 6.26. The summed E-state index contributed by atoms with van der Waals surface area (Å²) >= 11 is 1.60. The number of allylic oxidation sites excluding steroid dienone is 2. The molecule has 130 valence electrons. The molecule has 1 aliphatic heterocycles. The molecule has 1 heterocycles. The molecule has 0 radical (unpaired) electrons. The van der Waals surface area contributed by atoms with E-state index in [9.17, 15) is 9.59 Å². The second-order valence-corrected chi connectivity index (χ2v) is 6.17. The molecule has 1 aliphatic rings. The maximum absolute atomic E-state index is 12.3. The Kier molecular flexibility index (Phi) is 8.19. The van der Waals surface area contributed by atoms with Gasteiger partial charge in [-0.25, -0.2) is 9.59 Å². The monoisotopic (exact) mass is 343 g/mol. The minimum Gasteiger partial charge on any atom is -0.461 e. The highest BCUT2D eigenvalue weighted by atomic mass is 32.2. The summed E-state index contributed by atoms with van der Waals surface area (Å²) in [5.41, 5.74) is 2.31. The molecule has 0 spiro atoms. The Morgan fingerprint density at radius 1 is 1.04 bits per heavy atom. The highest BCUT2D eigenvalue weighted by Crippen LogP contribution is 2.30. The third kappa shape index (κ3) is 5.28. The van der Waals surface area contributed by atoms with E-state index in [2.05, 4.69) is 5.32 Å². The third-order valence-corrected chi connectivity index (χ3v) is 4.11. The van der Waals surface area contributed by atoms with Gasteiger partial charge < -0.3 is 19.5 Å². The number of hydrogen-bond acceptors (Lipinski definition) is 7. The molecule has 23 heavy (non-hydrogen) atoms. The van der Waals surface area contributed by atoms with E-state index in [0.29, 0.717) is 35.8 Å². The summed E-state index contributed by atoms with van der Waals surface area (Å²) in [6.07, 6.45) is 1.95. The first kappa shape index (κ1) is 19.6. The average Bonchev–Trinajstić information content (AvgIpc) is 2.47. The molecule has 0 aliphatic carbocycles. The number of rotatable bonds is 8. The lowest BCUT2D eigenvalue weighted by atomic mass is 9.87. The van der Waals surface area contributed by atoms with E-state index in [1.807, 2.05) is 13.2 Å². The lowest BCUT2D eigenvalue weighted by Crippen LogP contribution is -2.32. The zero-order valence-electron chi connectivity index (χ0n) is 14.4. The Balaban J connectivity index is 2.85. The van der Waals surface area contributed by atoms with Crippen molar-refractivity contribution < 1.29 is 23.8 Å². The molecule has 6 nitrogen and oxygen atoms in total. The van der Waals surface area contributed by atoms with Gasteiger partial charge in [-0.2, -0.15) is 11.8 Å². The fourth-order valence-corrected chi connectivity index (χ4v) is 2.71. The summed E-state index contributed by atoms with van der Waals surface area (Å²) in [7, 11) is 1.54. The van der Waals surface area contributed by atoms with Crippen molar-refractivity contribution in [1.29, 1.82) is 0 Å². The number of esters is 2. The topological polar surface area (TPSA) is 73.9 Å². The molecule has 1 unspecified atom stereocenters. The summed E-state index contributed by atoms with van der Waals surface area (Å²) in [5.74, 6) is -0.485. The minimum absolute atomic E-state index is 0.176. The predicted molar refractivity (Wildman–Crippen MR) is 89.9 cm³/mol. The quantitative estimate of drug-likeness (QED) is 0.533. The molecule has 7 heteroatoms. The van der Waals surface area contributed by atoms with Crippen molar-refractivity contribution >= 4 is 23.7 Å². The van der Waals surface area contributed by atoms with E-state index >= 15 is 0 Å². The van der Waals surface area contributed by atoms with Crippen LogP contribution >= 0.6 is 11.8 Å². The lowest BCUT2D eigenvalue weighted by molar-refractivity contribution is -0.141. The summed E-state index contributed by atoms with van der Waals surface area (Å²) in [6, 6.07) is 0. The van der Waals surface area contributed by atoms with E-state index in [1.54, 1.807) is 25.6 Å². The predicted octanol–water partition coefficient (Wildman–Crippen LogP) is 1.87. The molecule has 0 saturated carbocycles. The Morgan fingerprint density at radius 2 is 1.57 bits per heavy atom. The molecule has 0 aromatic heterocycles. The molecule has 0 fully saturated rings. The van der Waals surface area contributed by atoms with Gasteiger partial charge in [-0.1, -0.05) is 6.92 Å². The van der Waals surface area contributed by atoms with Gasteiger partial charge in [-0.15, -0.1) is 0 Å². The largest absolute Gasteiger partial charge is 0.461 e. The van der Waals surface area contributed by atoms with Crippen molar-refractivity contribution in [3.63, 3.8) is 0 Å². The van der Waals surface area contributed by atoms with Crippen LogP contribution in [-0.2, 0) is 23.8 Å². The van der Waals surface area contributed by atoms with Crippen molar-refractivity contribution in [1.82, 2.24) is 5.32 Å². The Bertz CT molecular complexity index is 469. The van der Waals surface area contributed by atoms with Crippen LogP contribution in [0.5, 0.6) is 0 Å². The van der Waals surface area contributed by atoms with Crippen molar-refractivity contribution in [3.05, 3.63) is 22.5 Å². The maximum atomic E-state index is 12.3. The van der Waals surface area contributed by atoms with Gasteiger partial charge in [0.1, 0.15) is 13.2 Å². The second-order valence-electron chi connectivity index (χ2n) is 5.18. The van der Waals surface area contributed by atoms with Crippen LogP contribution in [-0.4, -0.2) is 50.9 Å². The maximum Gasteiger partial charge on any atom is 0.336 e. The van der Waals surface area contributed by atoms with Crippen LogP contribution in [0.15, 0.2) is 22.5 Å². The highest BCUT2D eigenvalue weighted by molar-refractivity contribution is 7.98. The molecule has 1 N–H and O–H groups in total. The first-order chi connectivity index (χ1) is 10.9. The Labute approximate surface area is 141 Å². The molecule has 1 atom stereocenters. The molecular weight excluding hydrogens is 318 g/mol. The van der Waals surface area contributed by atoms with Gasteiger partial charge in [0, 0.05) is 30.2 Å². The molecule has 0 aromatic rings. The van der Waals surface area contributed by atoms with Crippen molar-refractivity contribution in [2.45, 2.75) is 20.8 Å². The van der Waals surface area contributed by atoms with Gasteiger partial charge in [0.15, 0.2) is 0 Å². The number of dihydropyridines is 1. The Morgan fingerprint density at radius 3 is 2.04 bits per heavy atom. The van der Waals surface area contributed by atoms with Crippen LogP contribution in [0, 0.1) is 5.92 Å². The molecular formula is C16H25NO5S. The van der Waals surface area contributed by atoms with Crippen molar-refractivity contribution in [2.75, 3.05) is 38.9 Å². The molecule has 0 amide bonds. The summed E-state index contributed by atoms with van der Waals surface area (Å²) in [4.78, 5) is 24.6. The number of hydrogen-bond donors (Lipinski definition) is 1. The number of nitrogens with one attached hydrogen (secondary N) is 1. The number of ether oxygens (including phenoxy) is 3. The minimum atomic E-state index is -0.443. The number of carbonyl (C=O) groups is 2. The van der Waals surface area contributed by atoms with Crippen molar-refractivity contribution in [2.24, 2.45) is 5.92 Å². The van der Waals surface area contributed by atoms with E-state index < -0.39 is 11.9 Å². The van der Waals surface area contributed by atoms with E-state index in [0.717, 1.165) is 5.75 Å². The zero-order valence-corrected chi connectivity index (χ0v) is 15.2. The van der Waals surface area contributed by atoms with Gasteiger partial charge in [-0.3, -0.25) is 0 Å². The van der Waals surface area contributed by atoms with Gasteiger partial charge in [0.05, 0.1) is 17.8 Å². The second kappa shape index (κ2) is 9.62. The molecule has 1 rings (SSSR count). The number of carbonyl (C=O) groups excluding carboxylic acids is 2.